The highest BCUT2D eigenvalue weighted by Crippen LogP contribution is 2.20. The summed E-state index contributed by atoms with van der Waals surface area (Å²) in [5, 5.41) is 2.73. The Morgan fingerprint density at radius 2 is 1.88 bits per heavy atom. The summed E-state index contributed by atoms with van der Waals surface area (Å²) >= 11 is 5.84. The summed E-state index contributed by atoms with van der Waals surface area (Å²) in [7, 11) is 0. The number of carbonyl (C=O) groups excluding carboxylic acids is 2. The number of hydrogen-bond acceptors (Lipinski definition) is 4. The summed E-state index contributed by atoms with van der Waals surface area (Å²) in [6.45, 7) is 0.112. The predicted octanol–water partition coefficient (Wildman–Crippen LogP) is 3.23. The Kier molecular flexibility index (Phi) is 7.64. The SMILES string of the molecule is O=C(COC(=O)/C=C/c1c(F)cccc1Cl)NCCOc1ccccc1. The molecule has 0 atom stereocenters. The molecule has 0 saturated heterocycles. The van der Waals surface area contributed by atoms with Crippen LogP contribution in [0.15, 0.2) is 54.6 Å². The monoisotopic (exact) mass is 377 g/mol. The van der Waals surface area contributed by atoms with Crippen molar-refractivity contribution in [2.45, 2.75) is 0 Å². The van der Waals surface area contributed by atoms with Crippen LogP contribution in [0.3, 0.4) is 0 Å². The molecule has 0 unspecified atom stereocenters. The molecule has 7 heteroatoms. The minimum absolute atomic E-state index is 0.0774. The molecule has 0 saturated carbocycles. The van der Waals surface area contributed by atoms with Crippen molar-refractivity contribution >= 4 is 29.6 Å². The molecule has 2 aromatic carbocycles. The predicted molar refractivity (Wildman–Crippen MR) is 96.3 cm³/mol. The lowest BCUT2D eigenvalue weighted by atomic mass is 10.2. The number of halogens is 2. The van der Waals surface area contributed by atoms with Gasteiger partial charge in [0.15, 0.2) is 6.61 Å². The molecule has 0 bridgehead atoms. The van der Waals surface area contributed by atoms with Gasteiger partial charge in [-0.15, -0.1) is 0 Å². The van der Waals surface area contributed by atoms with Crippen LogP contribution in [0.25, 0.3) is 6.08 Å². The lowest BCUT2D eigenvalue weighted by molar-refractivity contribution is -0.143. The number of carbonyl (C=O) groups is 2. The van der Waals surface area contributed by atoms with Crippen LogP contribution >= 0.6 is 11.6 Å². The van der Waals surface area contributed by atoms with Crippen LogP contribution < -0.4 is 10.1 Å². The summed E-state index contributed by atoms with van der Waals surface area (Å²) in [6, 6.07) is 13.3. The smallest absolute Gasteiger partial charge is 0.331 e. The third kappa shape index (κ3) is 6.57. The molecule has 0 spiro atoms. The van der Waals surface area contributed by atoms with Crippen LogP contribution in [0.2, 0.25) is 5.02 Å². The maximum absolute atomic E-state index is 13.5. The zero-order valence-corrected chi connectivity index (χ0v) is 14.5. The van der Waals surface area contributed by atoms with E-state index in [1.165, 1.54) is 24.3 Å². The van der Waals surface area contributed by atoms with Gasteiger partial charge in [0.25, 0.3) is 5.91 Å². The van der Waals surface area contributed by atoms with E-state index in [2.05, 4.69) is 5.32 Å². The molecule has 0 aliphatic heterocycles. The third-order valence-electron chi connectivity index (χ3n) is 3.17. The average molecular weight is 378 g/mol. The van der Waals surface area contributed by atoms with Gasteiger partial charge in [0.2, 0.25) is 0 Å². The van der Waals surface area contributed by atoms with Gasteiger partial charge in [-0.25, -0.2) is 9.18 Å². The van der Waals surface area contributed by atoms with Crippen LogP contribution in [-0.2, 0) is 14.3 Å². The van der Waals surface area contributed by atoms with Crippen molar-refractivity contribution in [2.75, 3.05) is 19.8 Å². The molecule has 0 radical (unpaired) electrons. The van der Waals surface area contributed by atoms with Crippen molar-refractivity contribution < 1.29 is 23.5 Å². The Morgan fingerprint density at radius 3 is 2.62 bits per heavy atom. The topological polar surface area (TPSA) is 64.6 Å². The van der Waals surface area contributed by atoms with Gasteiger partial charge in [0.05, 0.1) is 11.6 Å². The molecule has 2 rings (SSSR count). The summed E-state index contributed by atoms with van der Waals surface area (Å²) in [6.07, 6.45) is 2.21. The Morgan fingerprint density at radius 1 is 1.12 bits per heavy atom. The molecule has 0 aliphatic rings. The van der Waals surface area contributed by atoms with Crippen molar-refractivity contribution in [3.63, 3.8) is 0 Å². The van der Waals surface area contributed by atoms with Crippen molar-refractivity contribution in [3.8, 4) is 5.75 Å². The molecule has 2 aromatic rings. The van der Waals surface area contributed by atoms with Gasteiger partial charge in [0, 0.05) is 11.6 Å². The highest BCUT2D eigenvalue weighted by atomic mass is 35.5. The maximum atomic E-state index is 13.5. The number of nitrogens with one attached hydrogen (secondary N) is 1. The molecule has 0 aromatic heterocycles. The van der Waals surface area contributed by atoms with E-state index in [0.717, 1.165) is 6.08 Å². The van der Waals surface area contributed by atoms with E-state index in [9.17, 15) is 14.0 Å². The van der Waals surface area contributed by atoms with E-state index in [1.54, 1.807) is 12.1 Å². The van der Waals surface area contributed by atoms with Crippen LogP contribution in [0.1, 0.15) is 5.56 Å². The minimum atomic E-state index is -0.778. The van der Waals surface area contributed by atoms with Gasteiger partial charge in [-0.1, -0.05) is 35.9 Å². The van der Waals surface area contributed by atoms with Crippen LogP contribution in [0.5, 0.6) is 5.75 Å². The molecule has 26 heavy (non-hydrogen) atoms. The van der Waals surface area contributed by atoms with Crippen molar-refractivity contribution in [2.24, 2.45) is 0 Å². The third-order valence-corrected chi connectivity index (χ3v) is 3.50. The fourth-order valence-electron chi connectivity index (χ4n) is 1.93. The Labute approximate surface area is 155 Å². The lowest BCUT2D eigenvalue weighted by Crippen LogP contribution is -2.31. The molecular weight excluding hydrogens is 361 g/mol. The highest BCUT2D eigenvalue weighted by Gasteiger charge is 2.07. The van der Waals surface area contributed by atoms with Crippen molar-refractivity contribution in [1.82, 2.24) is 5.32 Å². The van der Waals surface area contributed by atoms with E-state index < -0.39 is 24.3 Å². The fraction of sp³-hybridized carbons (Fsp3) is 0.158. The van der Waals surface area contributed by atoms with Crippen molar-refractivity contribution in [1.29, 1.82) is 0 Å². The average Bonchev–Trinajstić information content (AvgIpc) is 2.64. The molecule has 0 fully saturated rings. The van der Waals surface area contributed by atoms with E-state index in [1.807, 2.05) is 18.2 Å². The number of esters is 1. The summed E-state index contributed by atoms with van der Waals surface area (Å²) in [5.41, 5.74) is 0.0774. The van der Waals surface area contributed by atoms with Gasteiger partial charge < -0.3 is 14.8 Å². The fourth-order valence-corrected chi connectivity index (χ4v) is 2.16. The molecule has 136 valence electrons. The first kappa shape index (κ1) is 19.5. The molecular formula is C19H17ClFNO4. The number of para-hydroxylation sites is 1. The number of amides is 1. The summed E-state index contributed by atoms with van der Waals surface area (Å²) in [4.78, 5) is 23.2. The number of benzene rings is 2. The lowest BCUT2D eigenvalue weighted by Gasteiger charge is -2.07. The molecule has 0 heterocycles. The second-order valence-corrected chi connectivity index (χ2v) is 5.50. The van der Waals surface area contributed by atoms with Gasteiger partial charge in [-0.05, 0) is 30.3 Å². The van der Waals surface area contributed by atoms with E-state index in [4.69, 9.17) is 21.1 Å². The summed E-state index contributed by atoms with van der Waals surface area (Å²) in [5.74, 6) is -1.10. The number of rotatable bonds is 8. The number of hydrogen-bond donors (Lipinski definition) is 1. The van der Waals surface area contributed by atoms with Crippen LogP contribution in [0.4, 0.5) is 4.39 Å². The first-order valence-corrected chi connectivity index (χ1v) is 8.17. The zero-order valence-electron chi connectivity index (χ0n) is 13.8. The Hall–Kier alpha value is -2.86. The Balaban J connectivity index is 1.67. The van der Waals surface area contributed by atoms with Crippen molar-refractivity contribution in [3.05, 3.63) is 71.0 Å². The highest BCUT2D eigenvalue weighted by molar-refractivity contribution is 6.32. The van der Waals surface area contributed by atoms with E-state index in [-0.39, 0.29) is 23.7 Å². The normalized spacial score (nSPS) is 10.5. The largest absolute Gasteiger partial charge is 0.492 e. The van der Waals surface area contributed by atoms with Crippen LogP contribution in [0, 0.1) is 5.82 Å². The minimum Gasteiger partial charge on any atom is -0.492 e. The molecule has 1 N–H and O–H groups in total. The zero-order chi connectivity index (χ0) is 18.8. The second kappa shape index (κ2) is 10.2. The maximum Gasteiger partial charge on any atom is 0.331 e. The van der Waals surface area contributed by atoms with Gasteiger partial charge in [-0.3, -0.25) is 4.79 Å². The van der Waals surface area contributed by atoms with Gasteiger partial charge in [-0.2, -0.15) is 0 Å². The first-order chi connectivity index (χ1) is 12.6. The molecule has 0 aliphatic carbocycles. The molecule has 1 amide bonds. The van der Waals surface area contributed by atoms with Gasteiger partial charge >= 0.3 is 5.97 Å². The second-order valence-electron chi connectivity index (χ2n) is 5.09. The van der Waals surface area contributed by atoms with E-state index in [0.29, 0.717) is 5.75 Å². The van der Waals surface area contributed by atoms with Gasteiger partial charge in [0.1, 0.15) is 18.2 Å². The van der Waals surface area contributed by atoms with E-state index >= 15 is 0 Å². The van der Waals surface area contributed by atoms with Crippen LogP contribution in [-0.4, -0.2) is 31.6 Å². The first-order valence-electron chi connectivity index (χ1n) is 7.79. The molecule has 5 nitrogen and oxygen atoms in total. The number of ether oxygens (including phenoxy) is 2. The quantitative estimate of drug-likeness (QED) is 0.436. The summed E-state index contributed by atoms with van der Waals surface area (Å²) < 4.78 is 23.7. The standard InChI is InChI=1S/C19H17ClFNO4/c20-16-7-4-8-17(21)15(16)9-10-19(24)26-13-18(23)22-11-12-25-14-5-2-1-3-6-14/h1-10H,11-13H2,(H,22,23)/b10-9+. The Bertz CT molecular complexity index is 760.